The van der Waals surface area contributed by atoms with E-state index in [1.54, 1.807) is 13.2 Å². The molecule has 0 aliphatic heterocycles. The lowest BCUT2D eigenvalue weighted by atomic mass is 9.78. The van der Waals surface area contributed by atoms with Crippen molar-refractivity contribution in [1.82, 2.24) is 4.72 Å². The molecule has 2 N–H and O–H groups in total. The summed E-state index contributed by atoms with van der Waals surface area (Å²) in [5.74, 6) is -1.31. The molecule has 2 aromatic rings. The van der Waals surface area contributed by atoms with Crippen molar-refractivity contribution in [3.63, 3.8) is 0 Å². The molecule has 0 aromatic heterocycles. The van der Waals surface area contributed by atoms with Crippen molar-refractivity contribution >= 4 is 28.0 Å². The summed E-state index contributed by atoms with van der Waals surface area (Å²) in [5, 5.41) is 8.99. The SMILES string of the molecule is COCCOCOc1c(C(C)(C)C)cc(/C=C/C(=O)NS(=O)(=O)c2ccc(C(=O)O)cc2)cc1C(C)(C)C. The molecular weight excluding hydrogens is 510 g/mol. The summed E-state index contributed by atoms with van der Waals surface area (Å²) in [6, 6.07) is 8.39. The van der Waals surface area contributed by atoms with Crippen molar-refractivity contribution in [1.29, 1.82) is 0 Å². The van der Waals surface area contributed by atoms with Crippen LogP contribution in [-0.4, -0.2) is 52.5 Å². The molecule has 0 aliphatic carbocycles. The number of methoxy groups -OCH3 is 1. The normalized spacial score (nSPS) is 12.5. The first kappa shape index (κ1) is 31.0. The number of rotatable bonds is 11. The first-order valence-electron chi connectivity index (χ1n) is 12.0. The minimum Gasteiger partial charge on any atom is -0.478 e. The summed E-state index contributed by atoms with van der Waals surface area (Å²) in [4.78, 5) is 23.3. The van der Waals surface area contributed by atoms with Gasteiger partial charge in [-0.05, 0) is 58.9 Å². The fraction of sp³-hybridized carbons (Fsp3) is 0.429. The van der Waals surface area contributed by atoms with Crippen molar-refractivity contribution < 1.29 is 37.3 Å². The molecule has 2 rings (SSSR count). The van der Waals surface area contributed by atoms with Crippen LogP contribution in [-0.2, 0) is 35.1 Å². The number of aromatic carboxylic acids is 1. The molecule has 0 saturated carbocycles. The average molecular weight is 548 g/mol. The van der Waals surface area contributed by atoms with Crippen molar-refractivity contribution in [3.8, 4) is 5.75 Å². The predicted octanol–water partition coefficient (Wildman–Crippen LogP) is 4.50. The third-order valence-corrected chi connectivity index (χ3v) is 6.88. The molecule has 2 aromatic carbocycles. The Morgan fingerprint density at radius 3 is 1.97 bits per heavy atom. The number of carboxylic acid groups (broad SMARTS) is 1. The number of carbonyl (C=O) groups excluding carboxylic acids is 1. The van der Waals surface area contributed by atoms with Gasteiger partial charge in [0.05, 0.1) is 23.7 Å². The molecule has 0 heterocycles. The third kappa shape index (κ3) is 8.68. The van der Waals surface area contributed by atoms with Gasteiger partial charge in [-0.3, -0.25) is 4.79 Å². The first-order chi connectivity index (χ1) is 17.6. The summed E-state index contributed by atoms with van der Waals surface area (Å²) < 4.78 is 43.7. The summed E-state index contributed by atoms with van der Waals surface area (Å²) >= 11 is 0. The van der Waals surface area contributed by atoms with Gasteiger partial charge in [0.15, 0.2) is 6.79 Å². The molecule has 38 heavy (non-hydrogen) atoms. The van der Waals surface area contributed by atoms with E-state index in [0.717, 1.165) is 41.5 Å². The van der Waals surface area contributed by atoms with E-state index in [9.17, 15) is 18.0 Å². The lowest BCUT2D eigenvalue weighted by Crippen LogP contribution is -2.29. The number of benzene rings is 2. The van der Waals surface area contributed by atoms with Gasteiger partial charge in [0, 0.05) is 24.3 Å². The van der Waals surface area contributed by atoms with Crippen LogP contribution < -0.4 is 9.46 Å². The van der Waals surface area contributed by atoms with E-state index in [4.69, 9.17) is 19.3 Å². The summed E-state index contributed by atoms with van der Waals surface area (Å²) in [6.07, 6.45) is 2.69. The molecule has 10 heteroatoms. The Kier molecular flexibility index (Phi) is 10.2. The van der Waals surface area contributed by atoms with Crippen LogP contribution >= 0.6 is 0 Å². The van der Waals surface area contributed by atoms with Crippen LogP contribution in [0, 0.1) is 0 Å². The van der Waals surface area contributed by atoms with Crippen molar-refractivity contribution in [2.24, 2.45) is 0 Å². The average Bonchev–Trinajstić information content (AvgIpc) is 2.81. The number of ether oxygens (including phenoxy) is 3. The highest BCUT2D eigenvalue weighted by Gasteiger charge is 2.28. The number of hydrogen-bond acceptors (Lipinski definition) is 7. The summed E-state index contributed by atoms with van der Waals surface area (Å²) in [5.41, 5.74) is 1.84. The van der Waals surface area contributed by atoms with E-state index in [1.165, 1.54) is 0 Å². The number of carboxylic acids is 1. The highest BCUT2D eigenvalue weighted by atomic mass is 32.2. The van der Waals surface area contributed by atoms with Crippen LogP contribution in [0.1, 0.15) is 68.6 Å². The maximum atomic E-state index is 12.6. The van der Waals surface area contributed by atoms with Crippen LogP contribution in [0.3, 0.4) is 0 Å². The molecule has 0 saturated heterocycles. The number of sulfonamides is 1. The number of amides is 1. The van der Waals surface area contributed by atoms with Crippen LogP contribution in [0.15, 0.2) is 47.4 Å². The van der Waals surface area contributed by atoms with Crippen LogP contribution in [0.4, 0.5) is 0 Å². The molecule has 0 aliphatic rings. The predicted molar refractivity (Wildman–Crippen MR) is 145 cm³/mol. The van der Waals surface area contributed by atoms with Gasteiger partial charge >= 0.3 is 5.97 Å². The van der Waals surface area contributed by atoms with E-state index >= 15 is 0 Å². The van der Waals surface area contributed by atoms with E-state index in [-0.39, 0.29) is 28.1 Å². The minimum atomic E-state index is -4.18. The molecular formula is C28H37NO8S. The Labute approximate surface area is 224 Å². The zero-order valence-corrected chi connectivity index (χ0v) is 23.8. The second-order valence-corrected chi connectivity index (χ2v) is 12.4. The Bertz CT molecular complexity index is 1230. The molecule has 0 unspecified atom stereocenters. The highest BCUT2D eigenvalue weighted by molar-refractivity contribution is 7.90. The second-order valence-electron chi connectivity index (χ2n) is 10.7. The van der Waals surface area contributed by atoms with E-state index < -0.39 is 21.9 Å². The molecule has 9 nitrogen and oxygen atoms in total. The molecule has 0 atom stereocenters. The first-order valence-corrected chi connectivity index (χ1v) is 13.5. The monoisotopic (exact) mass is 547 g/mol. The van der Waals surface area contributed by atoms with Crippen molar-refractivity contribution in [2.75, 3.05) is 27.1 Å². The molecule has 0 radical (unpaired) electrons. The fourth-order valence-electron chi connectivity index (χ4n) is 3.49. The van der Waals surface area contributed by atoms with Gasteiger partial charge in [-0.15, -0.1) is 0 Å². The van der Waals surface area contributed by atoms with Crippen LogP contribution in [0.2, 0.25) is 0 Å². The quantitative estimate of drug-likeness (QED) is 0.239. The van der Waals surface area contributed by atoms with E-state index in [2.05, 4.69) is 41.5 Å². The Morgan fingerprint density at radius 2 is 1.50 bits per heavy atom. The molecule has 208 valence electrons. The van der Waals surface area contributed by atoms with Crippen LogP contribution in [0.25, 0.3) is 6.08 Å². The van der Waals surface area contributed by atoms with Gasteiger partial charge in [-0.1, -0.05) is 41.5 Å². The highest BCUT2D eigenvalue weighted by Crippen LogP contribution is 2.41. The van der Waals surface area contributed by atoms with Crippen LogP contribution in [0.5, 0.6) is 5.75 Å². The molecule has 1 amide bonds. The van der Waals surface area contributed by atoms with Gasteiger partial charge in [-0.25, -0.2) is 17.9 Å². The summed E-state index contributed by atoms with van der Waals surface area (Å²) in [7, 11) is -2.58. The largest absolute Gasteiger partial charge is 0.478 e. The smallest absolute Gasteiger partial charge is 0.335 e. The third-order valence-electron chi connectivity index (χ3n) is 5.52. The van der Waals surface area contributed by atoms with Gasteiger partial charge in [0.25, 0.3) is 15.9 Å². The Morgan fingerprint density at radius 1 is 0.947 bits per heavy atom. The second kappa shape index (κ2) is 12.6. The zero-order valence-electron chi connectivity index (χ0n) is 23.0. The van der Waals surface area contributed by atoms with Gasteiger partial charge in [0.1, 0.15) is 5.75 Å². The zero-order chi connectivity index (χ0) is 28.7. The van der Waals surface area contributed by atoms with E-state index in [1.807, 2.05) is 16.9 Å². The Balaban J connectivity index is 2.34. The van der Waals surface area contributed by atoms with Crippen molar-refractivity contribution in [2.45, 2.75) is 57.3 Å². The minimum absolute atomic E-state index is 0.0540. The van der Waals surface area contributed by atoms with Gasteiger partial charge < -0.3 is 19.3 Å². The summed E-state index contributed by atoms with van der Waals surface area (Å²) in [6.45, 7) is 13.2. The van der Waals surface area contributed by atoms with Gasteiger partial charge in [0.2, 0.25) is 0 Å². The number of carbonyl (C=O) groups is 2. The number of hydrogen-bond donors (Lipinski definition) is 2. The van der Waals surface area contributed by atoms with Crippen molar-refractivity contribution in [3.05, 3.63) is 64.7 Å². The lowest BCUT2D eigenvalue weighted by Gasteiger charge is -2.30. The maximum Gasteiger partial charge on any atom is 0.335 e. The maximum absolute atomic E-state index is 12.6. The number of nitrogens with one attached hydrogen (secondary N) is 1. The van der Waals surface area contributed by atoms with E-state index in [0.29, 0.717) is 24.5 Å². The van der Waals surface area contributed by atoms with Gasteiger partial charge in [-0.2, -0.15) is 0 Å². The lowest BCUT2D eigenvalue weighted by molar-refractivity contribution is -0.114. The fourth-order valence-corrected chi connectivity index (χ4v) is 4.44. The Hall–Kier alpha value is -3.21. The molecule has 0 bridgehead atoms. The molecule has 0 spiro atoms. The standard InChI is InChI=1S/C28H37NO8S/c1-27(2,3)22-16-19(17-23(28(4,5)6)25(22)37-18-36-15-14-35-7)8-13-24(30)29-38(33,34)21-11-9-20(10-12-21)26(31)32/h8-13,16-17H,14-15,18H2,1-7H3,(H,29,30)(H,31,32)/b13-8+. The topological polar surface area (TPSA) is 128 Å². The molecule has 0 fully saturated rings.